The largest absolute Gasteiger partial charge is 0.399 e. The predicted octanol–water partition coefficient (Wildman–Crippen LogP) is 4.96. The summed E-state index contributed by atoms with van der Waals surface area (Å²) in [6, 6.07) is 13.2. The van der Waals surface area contributed by atoms with Crippen molar-refractivity contribution in [2.24, 2.45) is 5.92 Å². The number of aryl methyl sites for hydroxylation is 2. The van der Waals surface area contributed by atoms with Crippen molar-refractivity contribution in [3.63, 3.8) is 0 Å². The lowest BCUT2D eigenvalue weighted by molar-refractivity contribution is 0.280. The van der Waals surface area contributed by atoms with Gasteiger partial charge >= 0.3 is 0 Å². The van der Waals surface area contributed by atoms with E-state index in [-0.39, 0.29) is 5.41 Å². The molecule has 2 nitrogen and oxygen atoms in total. The summed E-state index contributed by atoms with van der Waals surface area (Å²) in [5, 5.41) is 0. The van der Waals surface area contributed by atoms with Gasteiger partial charge in [-0.15, -0.1) is 0 Å². The van der Waals surface area contributed by atoms with Crippen LogP contribution in [-0.2, 0) is 5.41 Å². The molecule has 0 saturated heterocycles. The van der Waals surface area contributed by atoms with Gasteiger partial charge in [0.15, 0.2) is 0 Å². The van der Waals surface area contributed by atoms with Crippen molar-refractivity contribution in [1.29, 1.82) is 0 Å². The van der Waals surface area contributed by atoms with Crippen molar-refractivity contribution in [3.05, 3.63) is 58.7 Å². The average Bonchev–Trinajstić information content (AvgIpc) is 2.54. The Labute approximate surface area is 139 Å². The molecule has 0 unspecified atom stereocenters. The molecule has 0 atom stereocenters. The van der Waals surface area contributed by atoms with Crippen molar-refractivity contribution >= 4 is 11.4 Å². The van der Waals surface area contributed by atoms with E-state index in [4.69, 9.17) is 11.5 Å². The lowest BCUT2D eigenvalue weighted by Crippen LogP contribution is -2.33. The van der Waals surface area contributed by atoms with Gasteiger partial charge in [0.2, 0.25) is 0 Å². The van der Waals surface area contributed by atoms with Crippen LogP contribution in [0.15, 0.2) is 36.4 Å². The Balaban J connectivity index is 2.13. The van der Waals surface area contributed by atoms with E-state index in [9.17, 15) is 0 Å². The van der Waals surface area contributed by atoms with E-state index in [1.54, 1.807) is 0 Å². The highest BCUT2D eigenvalue weighted by Gasteiger charge is 2.37. The molecule has 2 aromatic carbocycles. The standard InChI is InChI=1S/C21H28N2/c1-14-8-10-21(11-9-14,17-4-6-19(22)15(2)12-17)18-5-7-20(23)16(3)13-18/h4-7,12-14H,8-11,22-23H2,1-3H3. The van der Waals surface area contributed by atoms with E-state index in [1.165, 1.54) is 47.9 Å². The Kier molecular flexibility index (Phi) is 4.09. The minimum atomic E-state index is 0.101. The number of hydrogen-bond donors (Lipinski definition) is 2. The van der Waals surface area contributed by atoms with Gasteiger partial charge in [-0.25, -0.2) is 0 Å². The van der Waals surface area contributed by atoms with Gasteiger partial charge in [0.05, 0.1) is 0 Å². The van der Waals surface area contributed by atoms with Crippen LogP contribution in [0, 0.1) is 19.8 Å². The zero-order chi connectivity index (χ0) is 16.6. The lowest BCUT2D eigenvalue weighted by Gasteiger charge is -2.41. The Morgan fingerprint density at radius 2 is 1.26 bits per heavy atom. The van der Waals surface area contributed by atoms with Crippen LogP contribution in [0.1, 0.15) is 54.9 Å². The fraction of sp³-hybridized carbons (Fsp3) is 0.429. The van der Waals surface area contributed by atoms with Gasteiger partial charge in [0.1, 0.15) is 0 Å². The molecular weight excluding hydrogens is 280 g/mol. The monoisotopic (exact) mass is 308 g/mol. The number of nitrogens with two attached hydrogens (primary N) is 2. The summed E-state index contributed by atoms with van der Waals surface area (Å²) in [5.41, 5.74) is 19.1. The summed E-state index contributed by atoms with van der Waals surface area (Å²) in [6.07, 6.45) is 4.93. The third kappa shape index (κ3) is 2.83. The molecule has 0 spiro atoms. The molecule has 23 heavy (non-hydrogen) atoms. The van der Waals surface area contributed by atoms with Crippen LogP contribution in [0.25, 0.3) is 0 Å². The number of rotatable bonds is 2. The number of nitrogen functional groups attached to an aromatic ring is 2. The Morgan fingerprint density at radius 1 is 0.826 bits per heavy atom. The van der Waals surface area contributed by atoms with E-state index in [0.717, 1.165) is 17.3 Å². The first-order chi connectivity index (χ1) is 10.9. The van der Waals surface area contributed by atoms with Gasteiger partial charge < -0.3 is 11.5 Å². The molecule has 0 aliphatic heterocycles. The zero-order valence-electron chi connectivity index (χ0n) is 14.5. The minimum absolute atomic E-state index is 0.101. The first kappa shape index (κ1) is 15.9. The number of benzene rings is 2. The van der Waals surface area contributed by atoms with Gasteiger partial charge in [0.25, 0.3) is 0 Å². The Hall–Kier alpha value is -1.96. The smallest absolute Gasteiger partial charge is 0.0343 e. The first-order valence-corrected chi connectivity index (χ1v) is 8.65. The van der Waals surface area contributed by atoms with Crippen molar-refractivity contribution in [2.45, 2.75) is 51.9 Å². The maximum atomic E-state index is 6.05. The molecule has 0 bridgehead atoms. The highest BCUT2D eigenvalue weighted by molar-refractivity contribution is 5.54. The highest BCUT2D eigenvalue weighted by Crippen LogP contribution is 2.47. The van der Waals surface area contributed by atoms with Crippen LogP contribution in [0.5, 0.6) is 0 Å². The average molecular weight is 308 g/mol. The topological polar surface area (TPSA) is 52.0 Å². The molecule has 1 saturated carbocycles. The molecule has 4 N–H and O–H groups in total. The van der Waals surface area contributed by atoms with Crippen LogP contribution in [0.2, 0.25) is 0 Å². The molecule has 1 aliphatic carbocycles. The molecular formula is C21H28N2. The van der Waals surface area contributed by atoms with Crippen LogP contribution >= 0.6 is 0 Å². The molecule has 1 fully saturated rings. The van der Waals surface area contributed by atoms with E-state index in [1.807, 2.05) is 0 Å². The van der Waals surface area contributed by atoms with Gasteiger partial charge in [-0.3, -0.25) is 0 Å². The second-order valence-electron chi connectivity index (χ2n) is 7.41. The summed E-state index contributed by atoms with van der Waals surface area (Å²) >= 11 is 0. The zero-order valence-corrected chi connectivity index (χ0v) is 14.5. The Bertz CT molecular complexity index is 656. The quantitative estimate of drug-likeness (QED) is 0.770. The third-order valence-electron chi connectivity index (χ3n) is 5.77. The maximum Gasteiger partial charge on any atom is 0.0343 e. The van der Waals surface area contributed by atoms with E-state index < -0.39 is 0 Å². The SMILES string of the molecule is Cc1cc(C2(c3ccc(N)c(C)c3)CCC(C)CC2)ccc1N. The van der Waals surface area contributed by atoms with Crippen LogP contribution in [0.3, 0.4) is 0 Å². The summed E-state index contributed by atoms with van der Waals surface area (Å²) in [6.45, 7) is 6.57. The van der Waals surface area contributed by atoms with Crippen LogP contribution in [0.4, 0.5) is 11.4 Å². The van der Waals surface area contributed by atoms with E-state index >= 15 is 0 Å². The summed E-state index contributed by atoms with van der Waals surface area (Å²) in [5.74, 6) is 0.813. The van der Waals surface area contributed by atoms with Crippen molar-refractivity contribution < 1.29 is 0 Å². The summed E-state index contributed by atoms with van der Waals surface area (Å²) in [7, 11) is 0. The van der Waals surface area contributed by atoms with Crippen molar-refractivity contribution in [1.82, 2.24) is 0 Å². The molecule has 2 aromatic rings. The van der Waals surface area contributed by atoms with E-state index in [0.29, 0.717) is 0 Å². The molecule has 0 amide bonds. The minimum Gasteiger partial charge on any atom is -0.399 e. The third-order valence-corrected chi connectivity index (χ3v) is 5.77. The van der Waals surface area contributed by atoms with Gasteiger partial charge in [-0.05, 0) is 79.8 Å². The highest BCUT2D eigenvalue weighted by atomic mass is 14.6. The normalized spacial score (nSPS) is 18.0. The van der Waals surface area contributed by atoms with Crippen molar-refractivity contribution in [2.75, 3.05) is 11.5 Å². The molecule has 0 radical (unpaired) electrons. The van der Waals surface area contributed by atoms with Crippen LogP contribution in [-0.4, -0.2) is 0 Å². The Morgan fingerprint density at radius 3 is 1.65 bits per heavy atom. The number of anilines is 2. The second-order valence-corrected chi connectivity index (χ2v) is 7.41. The summed E-state index contributed by atoms with van der Waals surface area (Å²) < 4.78 is 0. The lowest BCUT2D eigenvalue weighted by atomic mass is 9.63. The predicted molar refractivity (Wildman–Crippen MR) is 99.6 cm³/mol. The molecule has 2 heteroatoms. The van der Waals surface area contributed by atoms with Crippen molar-refractivity contribution in [3.8, 4) is 0 Å². The molecule has 0 heterocycles. The van der Waals surface area contributed by atoms with Gasteiger partial charge in [0, 0.05) is 16.8 Å². The second kappa shape index (κ2) is 5.92. The maximum absolute atomic E-state index is 6.05. The molecule has 122 valence electrons. The number of hydrogen-bond acceptors (Lipinski definition) is 2. The molecule has 1 aliphatic rings. The fourth-order valence-corrected chi connectivity index (χ4v) is 3.95. The van der Waals surface area contributed by atoms with Gasteiger partial charge in [-0.2, -0.15) is 0 Å². The fourth-order valence-electron chi connectivity index (χ4n) is 3.95. The molecule has 0 aromatic heterocycles. The van der Waals surface area contributed by atoms with Crippen LogP contribution < -0.4 is 11.5 Å². The summed E-state index contributed by atoms with van der Waals surface area (Å²) in [4.78, 5) is 0. The first-order valence-electron chi connectivity index (χ1n) is 8.65. The molecule has 3 rings (SSSR count). The van der Waals surface area contributed by atoms with Gasteiger partial charge in [-0.1, -0.05) is 31.2 Å². The van der Waals surface area contributed by atoms with E-state index in [2.05, 4.69) is 57.2 Å².